The van der Waals surface area contributed by atoms with E-state index in [-0.39, 0.29) is 5.41 Å². The van der Waals surface area contributed by atoms with Crippen LogP contribution in [0.4, 0.5) is 17.1 Å². The Balaban J connectivity index is 1.12. The third-order valence-corrected chi connectivity index (χ3v) is 14.1. The van der Waals surface area contributed by atoms with Gasteiger partial charge in [0.2, 0.25) is 0 Å². The van der Waals surface area contributed by atoms with Crippen molar-refractivity contribution < 1.29 is 8.83 Å². The quantitative estimate of drug-likeness (QED) is 0.178. The Kier molecular flexibility index (Phi) is 6.66. The van der Waals surface area contributed by atoms with Crippen LogP contribution in [0.3, 0.4) is 0 Å². The molecule has 0 spiro atoms. The van der Waals surface area contributed by atoms with Crippen LogP contribution in [0, 0.1) is 0 Å². The molecular weight excluding hydrogens is 739 g/mol. The van der Waals surface area contributed by atoms with E-state index >= 15 is 0 Å². The lowest BCUT2D eigenvalue weighted by Gasteiger charge is -2.28. The molecule has 0 radical (unpaired) electrons. The molecule has 3 aromatic heterocycles. The van der Waals surface area contributed by atoms with Gasteiger partial charge in [0.25, 0.3) is 0 Å². The van der Waals surface area contributed by atoms with Gasteiger partial charge in [-0.2, -0.15) is 0 Å². The summed E-state index contributed by atoms with van der Waals surface area (Å²) in [4.78, 5) is 2.39. The Morgan fingerprint density at radius 2 is 1.15 bits per heavy atom. The van der Waals surface area contributed by atoms with Crippen molar-refractivity contribution in [2.24, 2.45) is 0 Å². The molecule has 0 saturated heterocycles. The molecule has 0 aliphatic heterocycles. The summed E-state index contributed by atoms with van der Waals surface area (Å²) in [6.07, 6.45) is 0. The predicted octanol–water partition coefficient (Wildman–Crippen LogP) is 16.4. The number of anilines is 3. The molecule has 278 valence electrons. The Hall–Kier alpha value is -7.14. The normalized spacial score (nSPS) is 13.4. The minimum absolute atomic E-state index is 0.151. The Morgan fingerprint density at radius 3 is 2.08 bits per heavy atom. The fourth-order valence-corrected chi connectivity index (χ4v) is 11.3. The van der Waals surface area contributed by atoms with Crippen LogP contribution in [0.5, 0.6) is 0 Å². The third-order valence-electron chi connectivity index (χ3n) is 12.8. The second-order valence-electron chi connectivity index (χ2n) is 16.4. The van der Waals surface area contributed by atoms with Crippen LogP contribution in [0.25, 0.3) is 97.1 Å². The Bertz CT molecular complexity index is 3730. The second-order valence-corrected chi connectivity index (χ2v) is 17.5. The first kappa shape index (κ1) is 32.9. The van der Waals surface area contributed by atoms with Crippen LogP contribution in [-0.2, 0) is 5.41 Å². The van der Waals surface area contributed by atoms with E-state index in [2.05, 4.69) is 189 Å². The number of hydrogen-bond donors (Lipinski definition) is 0. The minimum Gasteiger partial charge on any atom is -0.456 e. The van der Waals surface area contributed by atoms with Gasteiger partial charge in [-0.15, -0.1) is 11.3 Å². The number of fused-ring (bicyclic) bond motifs is 13. The lowest BCUT2D eigenvalue weighted by atomic mass is 9.82. The molecule has 3 nitrogen and oxygen atoms in total. The molecule has 59 heavy (non-hydrogen) atoms. The Labute approximate surface area is 344 Å². The van der Waals surface area contributed by atoms with E-state index in [1.807, 2.05) is 17.4 Å². The van der Waals surface area contributed by atoms with Crippen molar-refractivity contribution in [3.05, 3.63) is 187 Å². The molecule has 0 unspecified atom stereocenters. The van der Waals surface area contributed by atoms with Crippen molar-refractivity contribution in [2.75, 3.05) is 4.90 Å². The van der Waals surface area contributed by atoms with Crippen LogP contribution in [0.2, 0.25) is 0 Å². The molecule has 3 heterocycles. The fraction of sp³-hybridized carbons (Fsp3) is 0.0545. The maximum atomic E-state index is 7.44. The van der Waals surface area contributed by atoms with Gasteiger partial charge in [-0.1, -0.05) is 141 Å². The lowest BCUT2D eigenvalue weighted by molar-refractivity contribution is 0.660. The van der Waals surface area contributed by atoms with Crippen LogP contribution >= 0.6 is 11.3 Å². The van der Waals surface area contributed by atoms with E-state index in [0.717, 1.165) is 72.1 Å². The number of nitrogens with zero attached hydrogens (tertiary/aromatic N) is 1. The molecule has 0 bridgehead atoms. The second kappa shape index (κ2) is 12.0. The van der Waals surface area contributed by atoms with E-state index in [1.165, 1.54) is 53.2 Å². The van der Waals surface area contributed by atoms with Gasteiger partial charge in [-0.05, 0) is 81.6 Å². The van der Waals surface area contributed by atoms with Crippen molar-refractivity contribution >= 4 is 103 Å². The van der Waals surface area contributed by atoms with Crippen LogP contribution in [0.15, 0.2) is 185 Å². The first-order valence-corrected chi connectivity index (χ1v) is 21.1. The van der Waals surface area contributed by atoms with Gasteiger partial charge in [-0.3, -0.25) is 0 Å². The zero-order valence-electron chi connectivity index (χ0n) is 32.4. The van der Waals surface area contributed by atoms with E-state index in [9.17, 15) is 0 Å². The minimum atomic E-state index is -0.151. The van der Waals surface area contributed by atoms with Gasteiger partial charge in [0.05, 0.1) is 5.69 Å². The maximum absolute atomic E-state index is 7.44. The topological polar surface area (TPSA) is 29.5 Å². The highest BCUT2D eigenvalue weighted by molar-refractivity contribution is 7.26. The van der Waals surface area contributed by atoms with Crippen LogP contribution in [0.1, 0.15) is 25.0 Å². The molecule has 13 rings (SSSR count). The summed E-state index contributed by atoms with van der Waals surface area (Å²) in [6.45, 7) is 4.69. The molecule has 9 aromatic carbocycles. The zero-order chi connectivity index (χ0) is 39.0. The average Bonchev–Trinajstić information content (AvgIpc) is 4.02. The predicted molar refractivity (Wildman–Crippen MR) is 249 cm³/mol. The van der Waals surface area contributed by atoms with Gasteiger partial charge in [0.15, 0.2) is 5.58 Å². The molecule has 0 saturated carbocycles. The lowest BCUT2D eigenvalue weighted by Crippen LogP contribution is -2.16. The number of hydrogen-bond acceptors (Lipinski definition) is 4. The molecule has 1 aliphatic carbocycles. The fourth-order valence-electron chi connectivity index (χ4n) is 10.1. The molecule has 0 amide bonds. The van der Waals surface area contributed by atoms with Gasteiger partial charge in [-0.25, -0.2) is 0 Å². The highest BCUT2D eigenvalue weighted by atomic mass is 32.1. The molecule has 0 fully saturated rings. The van der Waals surface area contributed by atoms with Crippen molar-refractivity contribution in [2.45, 2.75) is 19.3 Å². The summed E-state index contributed by atoms with van der Waals surface area (Å²) < 4.78 is 16.7. The van der Waals surface area contributed by atoms with Gasteiger partial charge < -0.3 is 13.7 Å². The number of para-hydroxylation sites is 2. The van der Waals surface area contributed by atoms with E-state index in [0.29, 0.717) is 0 Å². The SMILES string of the molecule is CC1(C)c2ccccc2-c2ccc(N(c3ccc4ccccc4c3)c3cccc4c3oc3c(-c5cccc6c5sc5ccccc56)c5c(cc34)oc3ccccc35)cc21. The number of furan rings is 2. The third kappa shape index (κ3) is 4.58. The number of benzene rings is 9. The first-order chi connectivity index (χ1) is 29.0. The van der Waals surface area contributed by atoms with Crippen LogP contribution in [-0.4, -0.2) is 0 Å². The largest absolute Gasteiger partial charge is 0.456 e. The number of thiophene rings is 1. The molecule has 4 heteroatoms. The summed E-state index contributed by atoms with van der Waals surface area (Å²) in [5.41, 5.74) is 13.9. The van der Waals surface area contributed by atoms with Crippen molar-refractivity contribution in [3.8, 4) is 22.3 Å². The van der Waals surface area contributed by atoms with E-state index < -0.39 is 0 Å². The van der Waals surface area contributed by atoms with Gasteiger partial charge in [0, 0.05) is 69.6 Å². The van der Waals surface area contributed by atoms with E-state index in [4.69, 9.17) is 8.83 Å². The summed E-state index contributed by atoms with van der Waals surface area (Å²) in [6, 6.07) is 63.8. The van der Waals surface area contributed by atoms with Gasteiger partial charge >= 0.3 is 0 Å². The van der Waals surface area contributed by atoms with Crippen molar-refractivity contribution in [1.82, 2.24) is 0 Å². The zero-order valence-corrected chi connectivity index (χ0v) is 33.2. The molecule has 12 aromatic rings. The highest BCUT2D eigenvalue weighted by Crippen LogP contribution is 2.53. The number of rotatable bonds is 4. The summed E-state index contributed by atoms with van der Waals surface area (Å²) in [7, 11) is 0. The average molecular weight is 774 g/mol. The maximum Gasteiger partial charge on any atom is 0.159 e. The molecule has 0 N–H and O–H groups in total. The first-order valence-electron chi connectivity index (χ1n) is 20.2. The summed E-state index contributed by atoms with van der Waals surface area (Å²) >= 11 is 1.84. The van der Waals surface area contributed by atoms with E-state index in [1.54, 1.807) is 0 Å². The van der Waals surface area contributed by atoms with Crippen LogP contribution < -0.4 is 4.90 Å². The van der Waals surface area contributed by atoms with Crippen molar-refractivity contribution in [1.29, 1.82) is 0 Å². The van der Waals surface area contributed by atoms with Gasteiger partial charge in [0.1, 0.15) is 16.7 Å². The molecular formula is C55H35NO2S. The molecule has 0 atom stereocenters. The summed E-state index contributed by atoms with van der Waals surface area (Å²) in [5.74, 6) is 0. The Morgan fingerprint density at radius 1 is 0.458 bits per heavy atom. The smallest absolute Gasteiger partial charge is 0.159 e. The highest BCUT2D eigenvalue weighted by Gasteiger charge is 2.36. The summed E-state index contributed by atoms with van der Waals surface area (Å²) in [5, 5.41) is 9.15. The monoisotopic (exact) mass is 773 g/mol. The molecule has 1 aliphatic rings. The standard InChI is InChI=1S/C55H35NO2S/c1-55(2)44-21-8-5-15-36(44)37-28-27-35(30-45(37)55)56(34-26-25-32-13-3-4-14-33(32)29-34)46-22-12-18-39-43-31-48-50(41-17-6-9-23-47(41)57-48)51(53(43)58-52(39)46)42-20-11-19-40-38-16-7-10-24-49(38)59-54(40)42/h3-31H,1-2H3. The van der Waals surface area contributed by atoms with Crippen molar-refractivity contribution in [3.63, 3.8) is 0 Å².